The molecule has 0 fully saturated rings. The summed E-state index contributed by atoms with van der Waals surface area (Å²) in [4.78, 5) is 0. The third-order valence-electron chi connectivity index (χ3n) is 9.45. The van der Waals surface area contributed by atoms with E-state index in [9.17, 15) is 0 Å². The Bertz CT molecular complexity index is 2190. The maximum atomic E-state index is 2.41. The van der Waals surface area contributed by atoms with Crippen molar-refractivity contribution in [2.75, 3.05) is 0 Å². The Morgan fingerprint density at radius 1 is 0.545 bits per heavy atom. The molecule has 5 aromatic carbocycles. The Kier molecular flexibility index (Phi) is 6.69. The van der Waals surface area contributed by atoms with Gasteiger partial charge in [-0.2, -0.15) is 0 Å². The van der Waals surface area contributed by atoms with Crippen molar-refractivity contribution in [1.82, 2.24) is 0 Å². The minimum Gasteiger partial charge on any atom is -0.0807 e. The molecule has 5 aromatic rings. The van der Waals surface area contributed by atoms with Gasteiger partial charge >= 0.3 is 0 Å². The molecule has 0 aliphatic heterocycles. The molecule has 0 saturated heterocycles. The molecule has 0 amide bonds. The second kappa shape index (κ2) is 11.1. The van der Waals surface area contributed by atoms with Gasteiger partial charge in [0.05, 0.1) is 0 Å². The predicted octanol–water partition coefficient (Wildman–Crippen LogP) is 9.48. The van der Waals surface area contributed by atoms with Gasteiger partial charge in [0.15, 0.2) is 0 Å². The lowest BCUT2D eigenvalue weighted by Crippen LogP contribution is -2.40. The van der Waals surface area contributed by atoms with Crippen LogP contribution in [0, 0.1) is 18.8 Å². The predicted molar refractivity (Wildman–Crippen MR) is 187 cm³/mol. The van der Waals surface area contributed by atoms with Crippen molar-refractivity contribution in [3.05, 3.63) is 197 Å². The van der Waals surface area contributed by atoms with Gasteiger partial charge in [-0.05, 0) is 84.7 Å². The lowest BCUT2D eigenvalue weighted by molar-refractivity contribution is 0.687. The highest BCUT2D eigenvalue weighted by Gasteiger charge is 2.32. The number of aryl methyl sites for hydroxylation is 1. The second-order valence-electron chi connectivity index (χ2n) is 12.0. The molecule has 0 saturated carbocycles. The van der Waals surface area contributed by atoms with Gasteiger partial charge in [-0.25, -0.2) is 0 Å². The highest BCUT2D eigenvalue weighted by Crippen LogP contribution is 2.42. The molecule has 3 aliphatic carbocycles. The van der Waals surface area contributed by atoms with Crippen LogP contribution in [0.15, 0.2) is 164 Å². The molecule has 0 heterocycles. The Hall–Kier alpha value is -5.20. The van der Waals surface area contributed by atoms with Crippen LogP contribution in [0.3, 0.4) is 0 Å². The van der Waals surface area contributed by atoms with Gasteiger partial charge < -0.3 is 0 Å². The molecule has 3 aliphatic rings. The average Bonchev–Trinajstić information content (AvgIpc) is 3.37. The Balaban J connectivity index is 1.27. The summed E-state index contributed by atoms with van der Waals surface area (Å²) in [5.41, 5.74) is 11.9. The van der Waals surface area contributed by atoms with Crippen LogP contribution in [0.4, 0.5) is 0 Å². The monoisotopic (exact) mass is 562 g/mol. The fraction of sp³-hybridized carbons (Fsp3) is 0.0909. The van der Waals surface area contributed by atoms with Gasteiger partial charge in [0.25, 0.3) is 0 Å². The van der Waals surface area contributed by atoms with Crippen LogP contribution in [0.2, 0.25) is 0 Å². The fourth-order valence-corrected chi connectivity index (χ4v) is 7.39. The van der Waals surface area contributed by atoms with Gasteiger partial charge in [-0.3, -0.25) is 0 Å². The highest BCUT2D eigenvalue weighted by atomic mass is 14.3. The lowest BCUT2D eigenvalue weighted by atomic mass is 9.69. The summed E-state index contributed by atoms with van der Waals surface area (Å²) in [6.45, 7) is 2.26. The van der Waals surface area contributed by atoms with E-state index < -0.39 is 0 Å². The van der Waals surface area contributed by atoms with Crippen LogP contribution in [0.25, 0.3) is 38.6 Å². The zero-order valence-electron chi connectivity index (χ0n) is 25.0. The Morgan fingerprint density at radius 3 is 2.05 bits per heavy atom. The highest BCUT2D eigenvalue weighted by molar-refractivity contribution is 5.96. The third kappa shape index (κ3) is 4.55. The SMILES string of the molecule is Cc1cc(C2=c3ccccc3=C(c3cccc4ccccc34)[C@H]3C=CC=CC23)ccc1-c1ccc(C2=CCC=CC=C2)cc1. The molecule has 0 spiro atoms. The van der Waals surface area contributed by atoms with Crippen LogP contribution in [-0.4, -0.2) is 0 Å². The van der Waals surface area contributed by atoms with E-state index in [2.05, 4.69) is 171 Å². The van der Waals surface area contributed by atoms with Crippen LogP contribution in [0.5, 0.6) is 0 Å². The van der Waals surface area contributed by atoms with Crippen molar-refractivity contribution in [3.8, 4) is 11.1 Å². The summed E-state index contributed by atoms with van der Waals surface area (Å²) in [6, 6.07) is 40.7. The van der Waals surface area contributed by atoms with Crippen molar-refractivity contribution in [3.63, 3.8) is 0 Å². The van der Waals surface area contributed by atoms with Gasteiger partial charge in [0.2, 0.25) is 0 Å². The molecule has 0 heteroatoms. The average molecular weight is 563 g/mol. The topological polar surface area (TPSA) is 0 Å². The molecular weight excluding hydrogens is 528 g/mol. The Labute approximate surface area is 259 Å². The van der Waals surface area contributed by atoms with Crippen LogP contribution in [-0.2, 0) is 0 Å². The fourth-order valence-electron chi connectivity index (χ4n) is 7.39. The molecule has 210 valence electrons. The van der Waals surface area contributed by atoms with Gasteiger partial charge in [0, 0.05) is 11.8 Å². The molecule has 0 radical (unpaired) electrons. The maximum Gasteiger partial charge on any atom is 0.0137 e. The normalized spacial score (nSPS) is 18.6. The molecule has 44 heavy (non-hydrogen) atoms. The van der Waals surface area contributed by atoms with E-state index in [1.165, 1.54) is 71.3 Å². The van der Waals surface area contributed by atoms with E-state index in [-0.39, 0.29) is 11.8 Å². The van der Waals surface area contributed by atoms with Crippen LogP contribution >= 0.6 is 0 Å². The van der Waals surface area contributed by atoms with Crippen LogP contribution in [0.1, 0.15) is 28.7 Å². The van der Waals surface area contributed by atoms with E-state index in [1.54, 1.807) is 0 Å². The van der Waals surface area contributed by atoms with E-state index >= 15 is 0 Å². The Morgan fingerprint density at radius 2 is 1.23 bits per heavy atom. The molecular formula is C44H34. The summed E-state index contributed by atoms with van der Waals surface area (Å²) < 4.78 is 0. The molecule has 1 unspecified atom stereocenters. The quantitative estimate of drug-likeness (QED) is 0.205. The first-order valence-corrected chi connectivity index (χ1v) is 15.7. The van der Waals surface area contributed by atoms with E-state index in [0.717, 1.165) is 6.42 Å². The van der Waals surface area contributed by atoms with Gasteiger partial charge in [-0.15, -0.1) is 0 Å². The first-order valence-electron chi connectivity index (χ1n) is 15.7. The van der Waals surface area contributed by atoms with E-state index in [0.29, 0.717) is 0 Å². The number of fused-ring (bicyclic) bond motifs is 3. The van der Waals surface area contributed by atoms with E-state index in [1.807, 2.05) is 0 Å². The summed E-state index contributed by atoms with van der Waals surface area (Å²) in [5.74, 6) is 0.537. The lowest BCUT2D eigenvalue weighted by Gasteiger charge is -2.34. The number of hydrogen-bond acceptors (Lipinski definition) is 0. The number of benzene rings is 5. The minimum atomic E-state index is 0.267. The van der Waals surface area contributed by atoms with Crippen molar-refractivity contribution >= 4 is 27.5 Å². The summed E-state index contributed by atoms with van der Waals surface area (Å²) in [6.07, 6.45) is 21.2. The zero-order chi connectivity index (χ0) is 29.5. The second-order valence-corrected chi connectivity index (χ2v) is 12.0. The maximum absolute atomic E-state index is 2.41. The zero-order valence-corrected chi connectivity index (χ0v) is 25.0. The van der Waals surface area contributed by atoms with Gasteiger partial charge in [0.1, 0.15) is 0 Å². The number of allylic oxidation sites excluding steroid dienone is 10. The van der Waals surface area contributed by atoms with Crippen molar-refractivity contribution in [1.29, 1.82) is 0 Å². The molecule has 0 aromatic heterocycles. The van der Waals surface area contributed by atoms with Gasteiger partial charge in [-0.1, -0.05) is 164 Å². The van der Waals surface area contributed by atoms with E-state index in [4.69, 9.17) is 0 Å². The molecule has 0 N–H and O–H groups in total. The van der Waals surface area contributed by atoms with Crippen molar-refractivity contribution in [2.45, 2.75) is 13.3 Å². The summed E-state index contributed by atoms with van der Waals surface area (Å²) in [7, 11) is 0. The first-order chi connectivity index (χ1) is 21.8. The van der Waals surface area contributed by atoms with Crippen molar-refractivity contribution < 1.29 is 0 Å². The standard InChI is InChI=1S/C44H34/c1-30-29-35(27-28-36(30)34-25-23-32(24-26-34)31-13-4-2-3-5-14-31)43-39-18-8-10-20-41(39)44(42-21-11-9-19-40(42)43)38-22-12-16-33-15-6-7-17-37(33)38/h2-4,6-29,39,41H,5H2,1H3/t39?,41-/m0/s1. The van der Waals surface area contributed by atoms with Crippen molar-refractivity contribution in [2.24, 2.45) is 11.8 Å². The molecule has 0 nitrogen and oxygen atoms in total. The molecule has 8 rings (SSSR count). The van der Waals surface area contributed by atoms with Crippen LogP contribution < -0.4 is 10.4 Å². The molecule has 2 atom stereocenters. The molecule has 0 bridgehead atoms. The smallest absolute Gasteiger partial charge is 0.0137 e. The summed E-state index contributed by atoms with van der Waals surface area (Å²) in [5, 5.41) is 5.29. The minimum absolute atomic E-state index is 0.267. The third-order valence-corrected chi connectivity index (χ3v) is 9.45. The number of hydrogen-bond donors (Lipinski definition) is 0. The summed E-state index contributed by atoms with van der Waals surface area (Å²) >= 11 is 0. The first kappa shape index (κ1) is 26.4. The number of rotatable bonds is 4. The largest absolute Gasteiger partial charge is 0.0807 e.